The first-order valence-corrected chi connectivity index (χ1v) is 7.76. The Morgan fingerprint density at radius 1 is 1.52 bits per heavy atom. The maximum Gasteiger partial charge on any atom is 0.344 e. The summed E-state index contributed by atoms with van der Waals surface area (Å²) in [5.74, 6) is -0.611. The predicted octanol–water partition coefficient (Wildman–Crippen LogP) is 3.08. The summed E-state index contributed by atoms with van der Waals surface area (Å²) in [7, 11) is 0. The smallest absolute Gasteiger partial charge is 0.344 e. The fourth-order valence-electron chi connectivity index (χ4n) is 2.41. The molecule has 4 nitrogen and oxygen atoms in total. The number of aromatic nitrogens is 1. The maximum absolute atomic E-state index is 13.7. The quantitative estimate of drug-likeness (QED) is 0.795. The summed E-state index contributed by atoms with van der Waals surface area (Å²) in [6.07, 6.45) is 0. The molecule has 1 aromatic carbocycles. The Labute approximate surface area is 128 Å². The van der Waals surface area contributed by atoms with Crippen LogP contribution in [-0.2, 0) is 11.3 Å². The van der Waals surface area contributed by atoms with Gasteiger partial charge in [-0.1, -0.05) is 11.6 Å². The fourth-order valence-corrected chi connectivity index (χ4v) is 3.70. The molecule has 0 fully saturated rings. The van der Waals surface area contributed by atoms with Gasteiger partial charge in [0.2, 0.25) is 5.43 Å². The molecule has 2 aromatic rings. The number of ether oxygens (including phenoxy) is 1. The molecular formula is C14H11ClFNO3S. The van der Waals surface area contributed by atoms with E-state index in [4.69, 9.17) is 16.3 Å². The summed E-state index contributed by atoms with van der Waals surface area (Å²) in [5, 5.41) is 0.664. The van der Waals surface area contributed by atoms with Gasteiger partial charge in [0.25, 0.3) is 0 Å². The highest BCUT2D eigenvalue weighted by molar-refractivity contribution is 7.99. The van der Waals surface area contributed by atoms with E-state index < -0.39 is 17.2 Å². The molecule has 0 saturated heterocycles. The van der Waals surface area contributed by atoms with Gasteiger partial charge >= 0.3 is 5.97 Å². The zero-order valence-electron chi connectivity index (χ0n) is 11.1. The van der Waals surface area contributed by atoms with Crippen LogP contribution >= 0.6 is 23.4 Å². The van der Waals surface area contributed by atoms with E-state index in [1.807, 2.05) is 4.57 Å². The number of carbonyl (C=O) groups excluding carboxylic acids is 1. The Morgan fingerprint density at radius 3 is 3.00 bits per heavy atom. The van der Waals surface area contributed by atoms with Gasteiger partial charge in [-0.15, -0.1) is 11.8 Å². The van der Waals surface area contributed by atoms with E-state index in [1.165, 1.54) is 17.8 Å². The zero-order valence-corrected chi connectivity index (χ0v) is 12.7. The Hall–Kier alpha value is -1.53. The van der Waals surface area contributed by atoms with E-state index in [2.05, 4.69) is 0 Å². The molecule has 0 saturated carbocycles. The Balaban J connectivity index is 2.40. The summed E-state index contributed by atoms with van der Waals surface area (Å²) in [4.78, 5) is 24.6. The average molecular weight is 328 g/mol. The number of hydrogen-bond acceptors (Lipinski definition) is 4. The lowest BCUT2D eigenvalue weighted by Gasteiger charge is -2.13. The van der Waals surface area contributed by atoms with Crippen molar-refractivity contribution in [2.75, 3.05) is 12.4 Å². The number of nitrogens with zero attached hydrogens (tertiary/aromatic N) is 1. The first-order chi connectivity index (χ1) is 10.0. The second-order valence-corrected chi connectivity index (χ2v) is 6.00. The fraction of sp³-hybridized carbons (Fsp3) is 0.286. The number of pyridine rings is 1. The van der Waals surface area contributed by atoms with Crippen LogP contribution in [0.15, 0.2) is 22.0 Å². The highest BCUT2D eigenvalue weighted by Gasteiger charge is 2.27. The predicted molar refractivity (Wildman–Crippen MR) is 79.9 cm³/mol. The Morgan fingerprint density at radius 2 is 2.29 bits per heavy atom. The molecule has 0 aliphatic carbocycles. The first-order valence-electron chi connectivity index (χ1n) is 6.40. The molecule has 1 aromatic heterocycles. The number of fused-ring (bicyclic) bond motifs is 3. The second-order valence-electron chi connectivity index (χ2n) is 4.51. The normalized spacial score (nSPS) is 13.5. The van der Waals surface area contributed by atoms with Crippen molar-refractivity contribution in [3.05, 3.63) is 38.8 Å². The van der Waals surface area contributed by atoms with Crippen LogP contribution in [0.5, 0.6) is 0 Å². The van der Waals surface area contributed by atoms with Gasteiger partial charge in [0.1, 0.15) is 11.4 Å². The van der Waals surface area contributed by atoms with Gasteiger partial charge in [-0.25, -0.2) is 9.18 Å². The number of benzene rings is 1. The SMILES string of the molecule is CCOC(=O)c1c2n(c3cc(Cl)c(F)cc3c1=O)CCS2. The number of hydrogen-bond donors (Lipinski definition) is 0. The molecule has 2 heterocycles. The van der Waals surface area contributed by atoms with Gasteiger partial charge in [-0.05, 0) is 19.1 Å². The van der Waals surface area contributed by atoms with Gasteiger partial charge < -0.3 is 9.30 Å². The van der Waals surface area contributed by atoms with Crippen LogP contribution in [0, 0.1) is 5.82 Å². The average Bonchev–Trinajstić information content (AvgIpc) is 2.90. The van der Waals surface area contributed by atoms with Crippen molar-refractivity contribution in [2.24, 2.45) is 0 Å². The molecule has 7 heteroatoms. The summed E-state index contributed by atoms with van der Waals surface area (Å²) in [6.45, 7) is 2.48. The van der Waals surface area contributed by atoms with Gasteiger partial charge in [0, 0.05) is 17.7 Å². The lowest BCUT2D eigenvalue weighted by molar-refractivity contribution is 0.0519. The van der Waals surface area contributed by atoms with E-state index in [1.54, 1.807) is 6.92 Å². The number of thioether (sulfide) groups is 1. The largest absolute Gasteiger partial charge is 0.462 e. The van der Waals surface area contributed by atoms with Crippen LogP contribution < -0.4 is 5.43 Å². The Bertz CT molecular complexity index is 818. The number of carbonyl (C=O) groups is 1. The third-order valence-corrected chi connectivity index (χ3v) is 4.67. The Kier molecular flexibility index (Phi) is 3.67. The summed E-state index contributed by atoms with van der Waals surface area (Å²) in [5.41, 5.74) is 0.00712. The minimum absolute atomic E-state index is 0.0198. The third-order valence-electron chi connectivity index (χ3n) is 3.29. The van der Waals surface area contributed by atoms with Crippen molar-refractivity contribution in [3.63, 3.8) is 0 Å². The van der Waals surface area contributed by atoms with Crippen LogP contribution in [0.2, 0.25) is 5.02 Å². The molecule has 3 rings (SSSR count). The van der Waals surface area contributed by atoms with E-state index >= 15 is 0 Å². The van der Waals surface area contributed by atoms with Gasteiger partial charge in [-0.2, -0.15) is 0 Å². The lowest BCUT2D eigenvalue weighted by atomic mass is 10.1. The topological polar surface area (TPSA) is 48.3 Å². The number of esters is 1. The molecule has 1 aliphatic heterocycles. The lowest BCUT2D eigenvalue weighted by Crippen LogP contribution is -2.22. The number of rotatable bonds is 2. The molecular weight excluding hydrogens is 317 g/mol. The van der Waals surface area contributed by atoms with Crippen molar-refractivity contribution < 1.29 is 13.9 Å². The molecule has 0 amide bonds. The van der Waals surface area contributed by atoms with Crippen molar-refractivity contribution in [2.45, 2.75) is 18.5 Å². The van der Waals surface area contributed by atoms with Crippen LogP contribution in [-0.4, -0.2) is 22.9 Å². The number of halogens is 2. The number of aryl methyl sites for hydroxylation is 1. The van der Waals surface area contributed by atoms with Gasteiger partial charge in [0.15, 0.2) is 0 Å². The molecule has 0 spiro atoms. The van der Waals surface area contributed by atoms with Gasteiger partial charge in [0.05, 0.1) is 22.2 Å². The summed E-state index contributed by atoms with van der Waals surface area (Å²) in [6, 6.07) is 2.51. The molecule has 0 N–H and O–H groups in total. The molecule has 0 unspecified atom stereocenters. The van der Waals surface area contributed by atoms with Crippen molar-refractivity contribution in [1.29, 1.82) is 0 Å². The summed E-state index contributed by atoms with van der Waals surface area (Å²) < 4.78 is 20.4. The second kappa shape index (κ2) is 5.35. The van der Waals surface area contributed by atoms with Crippen molar-refractivity contribution in [1.82, 2.24) is 4.57 Å². The van der Waals surface area contributed by atoms with Crippen LogP contribution in [0.3, 0.4) is 0 Å². The van der Waals surface area contributed by atoms with E-state index in [9.17, 15) is 14.0 Å². The standard InChI is InChI=1S/C14H11ClFNO3S/c1-2-20-14(19)11-12(18)7-5-9(16)8(15)6-10(7)17-3-4-21-13(11)17/h5-6H,2-4H2,1H3. The molecule has 0 atom stereocenters. The van der Waals surface area contributed by atoms with Crippen LogP contribution in [0.4, 0.5) is 4.39 Å². The minimum Gasteiger partial charge on any atom is -0.462 e. The van der Waals surface area contributed by atoms with E-state index in [0.717, 1.165) is 11.8 Å². The zero-order chi connectivity index (χ0) is 15.1. The van der Waals surface area contributed by atoms with E-state index in [0.29, 0.717) is 17.1 Å². The third kappa shape index (κ3) is 2.22. The molecule has 0 radical (unpaired) electrons. The van der Waals surface area contributed by atoms with Crippen LogP contribution in [0.25, 0.3) is 10.9 Å². The van der Waals surface area contributed by atoms with Crippen molar-refractivity contribution in [3.8, 4) is 0 Å². The van der Waals surface area contributed by atoms with Crippen molar-refractivity contribution >= 4 is 40.2 Å². The van der Waals surface area contributed by atoms with Crippen LogP contribution in [0.1, 0.15) is 17.3 Å². The monoisotopic (exact) mass is 327 g/mol. The van der Waals surface area contributed by atoms with Gasteiger partial charge in [-0.3, -0.25) is 4.79 Å². The molecule has 1 aliphatic rings. The summed E-state index contributed by atoms with van der Waals surface area (Å²) >= 11 is 7.22. The molecule has 0 bridgehead atoms. The first kappa shape index (κ1) is 14.4. The minimum atomic E-state index is -0.678. The molecule has 110 valence electrons. The van der Waals surface area contributed by atoms with E-state index in [-0.39, 0.29) is 22.6 Å². The maximum atomic E-state index is 13.7. The highest BCUT2D eigenvalue weighted by Crippen LogP contribution is 2.33. The molecule has 21 heavy (non-hydrogen) atoms. The highest BCUT2D eigenvalue weighted by atomic mass is 35.5.